The van der Waals surface area contributed by atoms with Gasteiger partial charge in [-0.1, -0.05) is 0 Å². The van der Waals surface area contributed by atoms with Gasteiger partial charge in [0.1, 0.15) is 24.5 Å². The van der Waals surface area contributed by atoms with E-state index < -0.39 is 11.9 Å². The predicted molar refractivity (Wildman–Crippen MR) is 85.2 cm³/mol. The summed E-state index contributed by atoms with van der Waals surface area (Å²) >= 11 is 0. The summed E-state index contributed by atoms with van der Waals surface area (Å²) in [5.74, 6) is -0.951. The number of anilines is 1. The van der Waals surface area contributed by atoms with Gasteiger partial charge in [-0.25, -0.2) is 4.79 Å². The first-order valence-corrected chi connectivity index (χ1v) is 7.23. The van der Waals surface area contributed by atoms with Crippen molar-refractivity contribution in [3.8, 4) is 17.2 Å². The van der Waals surface area contributed by atoms with Gasteiger partial charge < -0.3 is 25.0 Å². The Bertz CT molecular complexity index is 830. The van der Waals surface area contributed by atoms with Gasteiger partial charge in [0.15, 0.2) is 11.5 Å². The quantitative estimate of drug-likeness (QED) is 0.747. The fourth-order valence-electron chi connectivity index (χ4n) is 2.40. The Kier molecular flexibility index (Phi) is 3.99. The summed E-state index contributed by atoms with van der Waals surface area (Å²) in [5, 5.41) is 21.5. The fraction of sp³-hybridized carbons (Fsp3) is 0.176. The van der Waals surface area contributed by atoms with E-state index >= 15 is 0 Å². The van der Waals surface area contributed by atoms with Gasteiger partial charge in [-0.2, -0.15) is 0 Å². The molecule has 0 radical (unpaired) electrons. The number of hydrogen-bond acceptors (Lipinski definition) is 5. The van der Waals surface area contributed by atoms with E-state index in [1.807, 2.05) is 0 Å². The molecule has 1 amide bonds. The maximum Gasteiger partial charge on any atom is 0.339 e. The second kappa shape index (κ2) is 6.11. The van der Waals surface area contributed by atoms with Gasteiger partial charge in [-0.15, -0.1) is 0 Å². The molecule has 2 aromatic carbocycles. The highest BCUT2D eigenvalue weighted by molar-refractivity contribution is 6.05. The first-order chi connectivity index (χ1) is 11.5. The van der Waals surface area contributed by atoms with E-state index in [-0.39, 0.29) is 17.0 Å². The maximum atomic E-state index is 12.4. The second-order valence-electron chi connectivity index (χ2n) is 5.31. The van der Waals surface area contributed by atoms with Crippen LogP contribution < -0.4 is 14.8 Å². The minimum atomic E-state index is -1.27. The van der Waals surface area contributed by atoms with Gasteiger partial charge in [-0.3, -0.25) is 4.79 Å². The standard InChI is InChI=1S/C17H15NO6/c1-9-6-11(8-12(15(9)19)17(21)22)18-16(20)10-2-3-13-14(7-10)24-5-4-23-13/h2-3,6-8,19H,4-5H2,1H3,(H,18,20)(H,21,22). The van der Waals surface area contributed by atoms with E-state index in [0.717, 1.165) is 0 Å². The number of aromatic carboxylic acids is 1. The molecule has 7 heteroatoms. The summed E-state index contributed by atoms with van der Waals surface area (Å²) in [6.45, 7) is 2.43. The molecule has 0 unspecified atom stereocenters. The number of nitrogens with one attached hydrogen (secondary N) is 1. The number of phenols is 1. The number of aromatic hydroxyl groups is 1. The van der Waals surface area contributed by atoms with Crippen molar-refractivity contribution in [3.05, 3.63) is 47.0 Å². The minimum Gasteiger partial charge on any atom is -0.507 e. The van der Waals surface area contributed by atoms with Crippen LogP contribution in [0.2, 0.25) is 0 Å². The van der Waals surface area contributed by atoms with E-state index in [0.29, 0.717) is 35.8 Å². The van der Waals surface area contributed by atoms with Crippen LogP contribution in [0.4, 0.5) is 5.69 Å². The molecule has 124 valence electrons. The van der Waals surface area contributed by atoms with Crippen LogP contribution >= 0.6 is 0 Å². The Morgan fingerprint density at radius 2 is 1.79 bits per heavy atom. The first-order valence-electron chi connectivity index (χ1n) is 7.23. The smallest absolute Gasteiger partial charge is 0.339 e. The molecule has 7 nitrogen and oxygen atoms in total. The lowest BCUT2D eigenvalue weighted by molar-refractivity contribution is 0.0693. The number of rotatable bonds is 3. The third kappa shape index (κ3) is 2.96. The SMILES string of the molecule is Cc1cc(NC(=O)c2ccc3c(c2)OCCO3)cc(C(=O)O)c1O. The number of ether oxygens (including phenoxy) is 2. The Balaban J connectivity index is 1.86. The van der Waals surface area contributed by atoms with Crippen LogP contribution in [0.3, 0.4) is 0 Å². The normalized spacial score (nSPS) is 12.5. The van der Waals surface area contributed by atoms with Gasteiger partial charge in [-0.05, 0) is 42.8 Å². The van der Waals surface area contributed by atoms with Crippen LogP contribution in [-0.4, -0.2) is 35.3 Å². The predicted octanol–water partition coefficient (Wildman–Crippen LogP) is 2.42. The molecular weight excluding hydrogens is 314 g/mol. The molecule has 0 bridgehead atoms. The molecule has 3 rings (SSSR count). The van der Waals surface area contributed by atoms with Gasteiger partial charge in [0, 0.05) is 11.3 Å². The highest BCUT2D eigenvalue weighted by atomic mass is 16.6. The number of carboxylic acid groups (broad SMARTS) is 1. The van der Waals surface area contributed by atoms with Crippen molar-refractivity contribution < 1.29 is 29.3 Å². The van der Waals surface area contributed by atoms with E-state index in [2.05, 4.69) is 5.32 Å². The maximum absolute atomic E-state index is 12.4. The summed E-state index contributed by atoms with van der Waals surface area (Å²) < 4.78 is 10.8. The molecule has 0 saturated heterocycles. The summed E-state index contributed by atoms with van der Waals surface area (Å²) in [6.07, 6.45) is 0. The average Bonchev–Trinajstić information content (AvgIpc) is 2.57. The zero-order chi connectivity index (χ0) is 17.3. The second-order valence-corrected chi connectivity index (χ2v) is 5.31. The zero-order valence-corrected chi connectivity index (χ0v) is 12.8. The molecule has 0 spiro atoms. The van der Waals surface area contributed by atoms with E-state index in [1.54, 1.807) is 25.1 Å². The topological polar surface area (TPSA) is 105 Å². The van der Waals surface area contributed by atoms with Crippen molar-refractivity contribution in [1.82, 2.24) is 0 Å². The Morgan fingerprint density at radius 1 is 1.08 bits per heavy atom. The van der Waals surface area contributed by atoms with Crippen LogP contribution in [0.15, 0.2) is 30.3 Å². The lowest BCUT2D eigenvalue weighted by atomic mass is 10.1. The number of carboxylic acids is 1. The van der Waals surface area contributed by atoms with Crippen molar-refractivity contribution in [1.29, 1.82) is 0 Å². The van der Waals surface area contributed by atoms with Gasteiger partial charge in [0.25, 0.3) is 5.91 Å². The molecule has 0 saturated carbocycles. The van der Waals surface area contributed by atoms with Gasteiger partial charge in [0.05, 0.1) is 0 Å². The number of aryl methyl sites for hydroxylation is 1. The van der Waals surface area contributed by atoms with Crippen molar-refractivity contribution >= 4 is 17.6 Å². The number of carbonyl (C=O) groups excluding carboxylic acids is 1. The van der Waals surface area contributed by atoms with Crippen LogP contribution in [0.25, 0.3) is 0 Å². The molecule has 2 aromatic rings. The fourth-order valence-corrected chi connectivity index (χ4v) is 2.40. The lowest BCUT2D eigenvalue weighted by Gasteiger charge is -2.18. The molecular formula is C17H15NO6. The van der Waals surface area contributed by atoms with E-state index in [4.69, 9.17) is 14.6 Å². The third-order valence-electron chi connectivity index (χ3n) is 3.59. The van der Waals surface area contributed by atoms with E-state index in [9.17, 15) is 14.7 Å². The number of hydrogen-bond donors (Lipinski definition) is 3. The van der Waals surface area contributed by atoms with Crippen LogP contribution in [-0.2, 0) is 0 Å². The molecule has 3 N–H and O–H groups in total. The summed E-state index contributed by atoms with van der Waals surface area (Å²) in [4.78, 5) is 23.5. The Morgan fingerprint density at radius 3 is 2.50 bits per heavy atom. The number of carbonyl (C=O) groups is 2. The molecule has 24 heavy (non-hydrogen) atoms. The Hall–Kier alpha value is -3.22. The third-order valence-corrected chi connectivity index (χ3v) is 3.59. The highest BCUT2D eigenvalue weighted by Gasteiger charge is 2.17. The molecule has 0 aliphatic carbocycles. The molecule has 0 aromatic heterocycles. The average molecular weight is 329 g/mol. The monoisotopic (exact) mass is 329 g/mol. The van der Waals surface area contributed by atoms with Crippen LogP contribution in [0, 0.1) is 6.92 Å². The summed E-state index contributed by atoms with van der Waals surface area (Å²) in [7, 11) is 0. The largest absolute Gasteiger partial charge is 0.507 e. The summed E-state index contributed by atoms with van der Waals surface area (Å²) in [5.41, 5.74) is 0.712. The van der Waals surface area contributed by atoms with E-state index in [1.165, 1.54) is 12.1 Å². The number of benzene rings is 2. The molecule has 1 aliphatic heterocycles. The molecule has 0 fully saturated rings. The lowest BCUT2D eigenvalue weighted by Crippen LogP contribution is -2.17. The zero-order valence-electron chi connectivity index (χ0n) is 12.8. The molecule has 0 atom stereocenters. The number of amides is 1. The van der Waals surface area contributed by atoms with Crippen molar-refractivity contribution in [3.63, 3.8) is 0 Å². The van der Waals surface area contributed by atoms with Gasteiger partial charge >= 0.3 is 5.97 Å². The van der Waals surface area contributed by atoms with Crippen molar-refractivity contribution in [2.24, 2.45) is 0 Å². The van der Waals surface area contributed by atoms with Crippen LogP contribution in [0.1, 0.15) is 26.3 Å². The number of fused-ring (bicyclic) bond motifs is 1. The van der Waals surface area contributed by atoms with Crippen LogP contribution in [0.5, 0.6) is 17.2 Å². The molecule has 1 heterocycles. The Labute approximate surface area is 137 Å². The first kappa shape index (κ1) is 15.7. The summed E-state index contributed by atoms with van der Waals surface area (Å²) in [6, 6.07) is 7.51. The van der Waals surface area contributed by atoms with Crippen molar-refractivity contribution in [2.45, 2.75) is 6.92 Å². The molecule has 1 aliphatic rings. The minimum absolute atomic E-state index is 0.271. The van der Waals surface area contributed by atoms with Gasteiger partial charge in [0.2, 0.25) is 0 Å². The highest BCUT2D eigenvalue weighted by Crippen LogP contribution is 2.31. The van der Waals surface area contributed by atoms with Crippen molar-refractivity contribution in [2.75, 3.05) is 18.5 Å².